The standard InChI is InChI=1S/C9H15NO2/c1-12-9(11)8-5-6-2-3-7(4-6)10-8/h6-8,10H,2-5H2,1H3/t6-,7+,8?/m0/s1. The number of hydrogen-bond donors (Lipinski definition) is 1. The quantitative estimate of drug-likeness (QED) is 0.587. The average Bonchev–Trinajstić information content (AvgIpc) is 2.44. The molecule has 0 radical (unpaired) electrons. The van der Waals surface area contributed by atoms with E-state index in [2.05, 4.69) is 5.32 Å². The summed E-state index contributed by atoms with van der Waals surface area (Å²) in [5.41, 5.74) is 0. The van der Waals surface area contributed by atoms with Crippen LogP contribution in [0.25, 0.3) is 0 Å². The lowest BCUT2D eigenvalue weighted by Crippen LogP contribution is -2.46. The van der Waals surface area contributed by atoms with Gasteiger partial charge in [-0.05, 0) is 31.6 Å². The van der Waals surface area contributed by atoms with E-state index >= 15 is 0 Å². The van der Waals surface area contributed by atoms with Crippen molar-refractivity contribution >= 4 is 5.97 Å². The van der Waals surface area contributed by atoms with Crippen molar-refractivity contribution in [3.8, 4) is 0 Å². The summed E-state index contributed by atoms with van der Waals surface area (Å²) >= 11 is 0. The fourth-order valence-electron chi connectivity index (χ4n) is 2.43. The van der Waals surface area contributed by atoms with Crippen LogP contribution in [-0.2, 0) is 9.53 Å². The van der Waals surface area contributed by atoms with Crippen LogP contribution in [0.2, 0.25) is 0 Å². The Balaban J connectivity index is 1.98. The number of hydrogen-bond acceptors (Lipinski definition) is 3. The molecule has 0 amide bonds. The van der Waals surface area contributed by atoms with Crippen molar-refractivity contribution in [1.29, 1.82) is 0 Å². The molecule has 0 aromatic rings. The van der Waals surface area contributed by atoms with Crippen LogP contribution < -0.4 is 5.32 Å². The summed E-state index contributed by atoms with van der Waals surface area (Å²) in [5, 5.41) is 3.32. The molecule has 0 aromatic carbocycles. The lowest BCUT2D eigenvalue weighted by atomic mass is 9.94. The number of piperidine rings is 1. The molecule has 2 fully saturated rings. The molecule has 0 spiro atoms. The van der Waals surface area contributed by atoms with E-state index in [-0.39, 0.29) is 12.0 Å². The third-order valence-electron chi connectivity index (χ3n) is 3.03. The van der Waals surface area contributed by atoms with E-state index in [0.29, 0.717) is 6.04 Å². The van der Waals surface area contributed by atoms with Crippen LogP contribution in [0.5, 0.6) is 0 Å². The van der Waals surface area contributed by atoms with Gasteiger partial charge in [-0.25, -0.2) is 0 Å². The zero-order chi connectivity index (χ0) is 8.55. The van der Waals surface area contributed by atoms with Crippen molar-refractivity contribution < 1.29 is 9.53 Å². The van der Waals surface area contributed by atoms with E-state index < -0.39 is 0 Å². The van der Waals surface area contributed by atoms with Crippen molar-refractivity contribution in [2.24, 2.45) is 5.92 Å². The second-order valence-corrected chi connectivity index (χ2v) is 3.85. The van der Waals surface area contributed by atoms with Gasteiger partial charge in [-0.15, -0.1) is 0 Å². The average molecular weight is 169 g/mol. The molecule has 1 saturated carbocycles. The van der Waals surface area contributed by atoms with Gasteiger partial charge < -0.3 is 10.1 Å². The molecule has 12 heavy (non-hydrogen) atoms. The van der Waals surface area contributed by atoms with Crippen molar-refractivity contribution in [2.75, 3.05) is 7.11 Å². The van der Waals surface area contributed by atoms with Crippen LogP contribution in [-0.4, -0.2) is 25.2 Å². The highest BCUT2D eigenvalue weighted by atomic mass is 16.5. The molecular formula is C9H15NO2. The molecule has 2 rings (SSSR count). The summed E-state index contributed by atoms with van der Waals surface area (Å²) in [6, 6.07) is 0.550. The number of ether oxygens (including phenoxy) is 1. The highest BCUT2D eigenvalue weighted by Gasteiger charge is 2.36. The monoisotopic (exact) mass is 169 g/mol. The first-order chi connectivity index (χ1) is 5.79. The van der Waals surface area contributed by atoms with Gasteiger partial charge in [-0.2, -0.15) is 0 Å². The van der Waals surface area contributed by atoms with Gasteiger partial charge >= 0.3 is 5.97 Å². The van der Waals surface area contributed by atoms with Crippen LogP contribution in [0.3, 0.4) is 0 Å². The fraction of sp³-hybridized carbons (Fsp3) is 0.889. The van der Waals surface area contributed by atoms with E-state index in [1.54, 1.807) is 0 Å². The molecule has 1 aliphatic heterocycles. The minimum atomic E-state index is -0.0911. The Labute approximate surface area is 72.5 Å². The van der Waals surface area contributed by atoms with Crippen molar-refractivity contribution in [2.45, 2.75) is 37.8 Å². The molecule has 1 aliphatic carbocycles. The maximum Gasteiger partial charge on any atom is 0.322 e. The first-order valence-electron chi connectivity index (χ1n) is 4.63. The van der Waals surface area contributed by atoms with Crippen molar-refractivity contribution in [3.05, 3.63) is 0 Å². The van der Waals surface area contributed by atoms with Crippen LogP contribution >= 0.6 is 0 Å². The molecule has 3 heteroatoms. The first kappa shape index (κ1) is 8.05. The van der Waals surface area contributed by atoms with Crippen LogP contribution in [0, 0.1) is 5.92 Å². The second kappa shape index (κ2) is 3.05. The van der Waals surface area contributed by atoms with Gasteiger partial charge in [-0.1, -0.05) is 0 Å². The molecule has 3 nitrogen and oxygen atoms in total. The van der Waals surface area contributed by atoms with Crippen molar-refractivity contribution in [1.82, 2.24) is 5.32 Å². The van der Waals surface area contributed by atoms with Crippen LogP contribution in [0.4, 0.5) is 0 Å². The minimum absolute atomic E-state index is 0.0266. The molecule has 1 unspecified atom stereocenters. The molecule has 1 saturated heterocycles. The highest BCUT2D eigenvalue weighted by molar-refractivity contribution is 5.75. The Kier molecular flexibility index (Phi) is 2.05. The molecule has 1 heterocycles. The molecule has 1 N–H and O–H groups in total. The van der Waals surface area contributed by atoms with E-state index in [0.717, 1.165) is 12.3 Å². The zero-order valence-corrected chi connectivity index (χ0v) is 7.38. The van der Waals surface area contributed by atoms with Gasteiger partial charge in [0.15, 0.2) is 0 Å². The molecular weight excluding hydrogens is 154 g/mol. The Bertz CT molecular complexity index is 181. The smallest absolute Gasteiger partial charge is 0.322 e. The number of carbonyl (C=O) groups excluding carboxylic acids is 1. The van der Waals surface area contributed by atoms with Gasteiger partial charge in [0.2, 0.25) is 0 Å². The first-order valence-corrected chi connectivity index (χ1v) is 4.63. The maximum absolute atomic E-state index is 11.2. The predicted molar refractivity (Wildman–Crippen MR) is 44.7 cm³/mol. The number of nitrogens with one attached hydrogen (secondary N) is 1. The maximum atomic E-state index is 11.2. The Morgan fingerprint density at radius 2 is 2.25 bits per heavy atom. The van der Waals surface area contributed by atoms with E-state index in [9.17, 15) is 4.79 Å². The highest BCUT2D eigenvalue weighted by Crippen LogP contribution is 2.33. The predicted octanol–water partition coefficient (Wildman–Crippen LogP) is 0.690. The summed E-state index contributed by atoms with van der Waals surface area (Å²) in [5.74, 6) is 0.673. The number of methoxy groups -OCH3 is 1. The molecule has 2 aliphatic rings. The van der Waals surface area contributed by atoms with Crippen LogP contribution in [0.1, 0.15) is 25.7 Å². The van der Waals surface area contributed by atoms with Crippen molar-refractivity contribution in [3.63, 3.8) is 0 Å². The largest absolute Gasteiger partial charge is 0.468 e. The Morgan fingerprint density at radius 1 is 1.42 bits per heavy atom. The summed E-state index contributed by atoms with van der Waals surface area (Å²) in [6.07, 6.45) is 4.75. The third-order valence-corrected chi connectivity index (χ3v) is 3.03. The van der Waals surface area contributed by atoms with Gasteiger partial charge in [0.05, 0.1) is 7.11 Å². The lowest BCUT2D eigenvalue weighted by molar-refractivity contribution is -0.144. The van der Waals surface area contributed by atoms with Crippen LogP contribution in [0.15, 0.2) is 0 Å². The Morgan fingerprint density at radius 3 is 2.92 bits per heavy atom. The molecule has 0 aromatic heterocycles. The van der Waals surface area contributed by atoms with E-state index in [1.807, 2.05) is 0 Å². The fourth-order valence-corrected chi connectivity index (χ4v) is 2.43. The van der Waals surface area contributed by atoms with E-state index in [4.69, 9.17) is 4.74 Å². The molecule has 3 atom stereocenters. The zero-order valence-electron chi connectivity index (χ0n) is 7.38. The number of carbonyl (C=O) groups is 1. The topological polar surface area (TPSA) is 38.3 Å². The normalized spacial score (nSPS) is 39.6. The SMILES string of the molecule is COC(=O)C1C[C@H]2CC[C@H](C2)N1. The number of fused-ring (bicyclic) bond motifs is 2. The second-order valence-electron chi connectivity index (χ2n) is 3.85. The summed E-state index contributed by atoms with van der Waals surface area (Å²) < 4.78 is 4.71. The summed E-state index contributed by atoms with van der Waals surface area (Å²) in [7, 11) is 1.46. The summed E-state index contributed by atoms with van der Waals surface area (Å²) in [6.45, 7) is 0. The van der Waals surface area contributed by atoms with Gasteiger partial charge in [0, 0.05) is 6.04 Å². The summed E-state index contributed by atoms with van der Waals surface area (Å²) in [4.78, 5) is 11.2. The third kappa shape index (κ3) is 1.33. The molecule has 2 bridgehead atoms. The van der Waals surface area contributed by atoms with E-state index in [1.165, 1.54) is 26.4 Å². The minimum Gasteiger partial charge on any atom is -0.468 e. The molecule has 68 valence electrons. The lowest BCUT2D eigenvalue weighted by Gasteiger charge is -2.27. The Hall–Kier alpha value is -0.570. The number of esters is 1. The van der Waals surface area contributed by atoms with Gasteiger partial charge in [-0.3, -0.25) is 4.79 Å². The van der Waals surface area contributed by atoms with Gasteiger partial charge in [0.25, 0.3) is 0 Å². The number of rotatable bonds is 1. The van der Waals surface area contributed by atoms with Gasteiger partial charge in [0.1, 0.15) is 6.04 Å².